The first-order chi connectivity index (χ1) is 29.5. The molecule has 0 saturated carbocycles. The summed E-state index contributed by atoms with van der Waals surface area (Å²) >= 11 is 0. The minimum Gasteiger partial charge on any atom is -0.507 e. The number of phenolic OH excluding ortho intramolecular Hbond substituents is 1. The largest absolute Gasteiger partial charge is 0.507 e. The predicted molar refractivity (Wildman–Crippen MR) is 246 cm³/mol. The fraction of sp³-hybridized carbons (Fsp3) is 0.449. The summed E-state index contributed by atoms with van der Waals surface area (Å²) in [7, 11) is -2.79. The molecular weight excluding hydrogens is 809 g/mol. The first kappa shape index (κ1) is 48.3. The average molecular weight is 873 g/mol. The average Bonchev–Trinajstić information content (AvgIpc) is 3.42. The Morgan fingerprint density at radius 1 is 0.823 bits per heavy atom. The van der Waals surface area contributed by atoms with Crippen molar-refractivity contribution in [2.45, 2.75) is 82.6 Å². The molecule has 0 unspecified atom stereocenters. The van der Waals surface area contributed by atoms with Crippen LogP contribution < -0.4 is 9.80 Å². The lowest BCUT2D eigenvalue weighted by molar-refractivity contribution is -0.137. The Morgan fingerprint density at radius 3 is 2.16 bits per heavy atom. The summed E-state index contributed by atoms with van der Waals surface area (Å²) in [6.45, 7) is 15.1. The number of anilines is 2. The Bertz CT molecular complexity index is 2230. The van der Waals surface area contributed by atoms with Gasteiger partial charge in [-0.1, -0.05) is 74.9 Å². The van der Waals surface area contributed by atoms with Gasteiger partial charge in [-0.3, -0.25) is 9.35 Å². The number of fused-ring (bicyclic) bond motifs is 2. The Morgan fingerprint density at radius 2 is 1.50 bits per heavy atom. The molecule has 3 aromatic carbocycles. The molecule has 12 nitrogen and oxygen atoms in total. The molecule has 3 N–H and O–H groups in total. The zero-order chi connectivity index (χ0) is 44.9. The molecule has 0 aliphatic carbocycles. The number of benzene rings is 3. The Kier molecular flexibility index (Phi) is 17.2. The molecule has 62 heavy (non-hydrogen) atoms. The molecule has 13 heteroatoms. The van der Waals surface area contributed by atoms with Crippen molar-refractivity contribution in [3.05, 3.63) is 119 Å². The minimum atomic E-state index is -4.43. The van der Waals surface area contributed by atoms with Crippen LogP contribution in [-0.4, -0.2) is 101 Å². The van der Waals surface area contributed by atoms with Gasteiger partial charge in [0, 0.05) is 66.3 Å². The lowest BCUT2D eigenvalue weighted by atomic mass is 9.83. The highest BCUT2D eigenvalue weighted by molar-refractivity contribution is 7.85. The van der Waals surface area contributed by atoms with Crippen LogP contribution in [0.3, 0.4) is 0 Å². The number of allylic oxidation sites excluding steroid dienone is 7. The summed E-state index contributed by atoms with van der Waals surface area (Å²) < 4.78 is 56.3. The SMILES string of the molecule is COCCOCCOCCOCCN1c2cc(O)c(C(=C\Cc3ccccc3)/C=C/C=C3\N(CCCCCC(=O)O)c4ccc(S(=O)(=O)O)cc4C3(C)C)cc2C(C)=CC1(C)C. The highest BCUT2D eigenvalue weighted by atomic mass is 32.2. The van der Waals surface area contributed by atoms with Crippen LogP contribution in [-0.2, 0) is 45.7 Å². The first-order valence-electron chi connectivity index (χ1n) is 21.4. The molecule has 0 amide bonds. The Labute approximate surface area is 367 Å². The van der Waals surface area contributed by atoms with Crippen molar-refractivity contribution in [1.29, 1.82) is 0 Å². The fourth-order valence-corrected chi connectivity index (χ4v) is 8.73. The highest BCUT2D eigenvalue weighted by Gasteiger charge is 2.40. The van der Waals surface area contributed by atoms with Crippen LogP contribution in [0.4, 0.5) is 11.4 Å². The number of hydrogen-bond acceptors (Lipinski definition) is 10. The van der Waals surface area contributed by atoms with Gasteiger partial charge in [0.25, 0.3) is 10.1 Å². The second-order valence-corrected chi connectivity index (χ2v) is 18.2. The van der Waals surface area contributed by atoms with Gasteiger partial charge in [-0.25, -0.2) is 0 Å². The topological polar surface area (TPSA) is 155 Å². The van der Waals surface area contributed by atoms with Gasteiger partial charge >= 0.3 is 5.97 Å². The summed E-state index contributed by atoms with van der Waals surface area (Å²) in [5.74, 6) is -0.680. The lowest BCUT2D eigenvalue weighted by Crippen LogP contribution is -2.46. The number of carbonyl (C=O) groups is 1. The number of ether oxygens (including phenoxy) is 4. The molecule has 0 radical (unpaired) electrons. The van der Waals surface area contributed by atoms with Crippen LogP contribution in [0.15, 0.2) is 102 Å². The molecule has 3 aromatic rings. The van der Waals surface area contributed by atoms with Gasteiger partial charge in [0.15, 0.2) is 0 Å². The molecule has 0 saturated heterocycles. The van der Waals surface area contributed by atoms with Gasteiger partial charge in [0.05, 0.1) is 56.7 Å². The standard InChI is InChI=1S/C49H64N2O10S/c1-36-35-48(2,3)51(24-25-59-28-29-61-31-30-60-27-26-58-6)44-34-45(52)41(33-40(36)44)38(20-19-37-14-9-7-10-15-37)16-13-17-46-49(4,5)42-32-39(62(55,56)57)21-22-43(42)50(46)23-12-8-11-18-47(53)54/h7,9-10,13-17,20-22,32-35,52H,8,11-12,18-19,23-31H2,1-6H3,(H,53,54)(H,55,56,57)/b16-13+,38-20-,46-17-. The van der Waals surface area contributed by atoms with Gasteiger partial charge in [0.1, 0.15) is 5.75 Å². The highest BCUT2D eigenvalue weighted by Crippen LogP contribution is 2.49. The molecule has 0 fully saturated rings. The monoisotopic (exact) mass is 872 g/mol. The molecule has 0 spiro atoms. The van der Waals surface area contributed by atoms with Gasteiger partial charge in [0.2, 0.25) is 0 Å². The van der Waals surface area contributed by atoms with E-state index >= 15 is 0 Å². The number of unbranched alkanes of at least 4 members (excludes halogenated alkanes) is 2. The normalized spacial score (nSPS) is 16.5. The molecule has 2 heterocycles. The van der Waals surface area contributed by atoms with E-state index in [1.807, 2.05) is 56.3 Å². The van der Waals surface area contributed by atoms with E-state index in [4.69, 9.17) is 24.1 Å². The third-order valence-corrected chi connectivity index (χ3v) is 12.3. The van der Waals surface area contributed by atoms with Crippen molar-refractivity contribution in [3.8, 4) is 5.75 Å². The van der Waals surface area contributed by atoms with Crippen LogP contribution in [0.5, 0.6) is 5.75 Å². The summed E-state index contributed by atoms with van der Waals surface area (Å²) in [6.07, 6.45) is 13.1. The van der Waals surface area contributed by atoms with Gasteiger partial charge in [-0.2, -0.15) is 8.42 Å². The lowest BCUT2D eigenvalue weighted by Gasteiger charge is -2.43. The summed E-state index contributed by atoms with van der Waals surface area (Å²) in [4.78, 5) is 15.4. The van der Waals surface area contributed by atoms with E-state index in [1.54, 1.807) is 13.2 Å². The number of methoxy groups -OCH3 is 1. The molecule has 5 rings (SSSR count). The number of carboxylic acids is 1. The van der Waals surface area contributed by atoms with Crippen molar-refractivity contribution in [2.75, 3.05) is 76.2 Å². The number of aromatic hydroxyl groups is 1. The van der Waals surface area contributed by atoms with Crippen molar-refractivity contribution < 1.29 is 46.9 Å². The molecule has 0 atom stereocenters. The summed E-state index contributed by atoms with van der Waals surface area (Å²) in [5.41, 5.74) is 7.21. The second-order valence-electron chi connectivity index (χ2n) is 16.7. The van der Waals surface area contributed by atoms with E-state index < -0.39 is 21.5 Å². The number of phenols is 1. The van der Waals surface area contributed by atoms with E-state index in [0.29, 0.717) is 84.2 Å². The zero-order valence-electron chi connectivity index (χ0n) is 37.1. The van der Waals surface area contributed by atoms with E-state index in [0.717, 1.165) is 51.3 Å². The smallest absolute Gasteiger partial charge is 0.303 e. The number of aliphatic carboxylic acids is 1. The maximum absolute atomic E-state index is 12.2. The van der Waals surface area contributed by atoms with Crippen molar-refractivity contribution in [1.82, 2.24) is 0 Å². The van der Waals surface area contributed by atoms with E-state index in [2.05, 4.69) is 60.9 Å². The van der Waals surface area contributed by atoms with Crippen LogP contribution in [0.1, 0.15) is 82.6 Å². The third-order valence-electron chi connectivity index (χ3n) is 11.4. The predicted octanol–water partition coefficient (Wildman–Crippen LogP) is 8.85. The van der Waals surface area contributed by atoms with Crippen LogP contribution in [0.2, 0.25) is 0 Å². The number of hydrogen-bond donors (Lipinski definition) is 3. The quantitative estimate of drug-likeness (QED) is 0.0448. The van der Waals surface area contributed by atoms with Crippen molar-refractivity contribution >= 4 is 38.6 Å². The Hall–Kier alpha value is -4.76. The van der Waals surface area contributed by atoms with Gasteiger partial charge < -0.3 is 39.0 Å². The van der Waals surface area contributed by atoms with Gasteiger partial charge in [-0.05, 0) is 92.6 Å². The number of nitrogens with zero attached hydrogens (tertiary/aromatic N) is 2. The molecule has 2 aliphatic rings. The molecule has 336 valence electrons. The second kappa shape index (κ2) is 22.0. The van der Waals surface area contributed by atoms with E-state index in [9.17, 15) is 22.9 Å². The maximum atomic E-state index is 12.2. The van der Waals surface area contributed by atoms with Crippen LogP contribution in [0, 0.1) is 0 Å². The molecule has 0 aromatic heterocycles. The maximum Gasteiger partial charge on any atom is 0.303 e. The third kappa shape index (κ3) is 12.7. The zero-order valence-corrected chi connectivity index (χ0v) is 37.9. The van der Waals surface area contributed by atoms with Crippen LogP contribution >= 0.6 is 0 Å². The minimum absolute atomic E-state index is 0.0990. The fourth-order valence-electron chi connectivity index (χ4n) is 8.22. The van der Waals surface area contributed by atoms with Crippen molar-refractivity contribution in [3.63, 3.8) is 0 Å². The molecule has 2 aliphatic heterocycles. The van der Waals surface area contributed by atoms with Crippen molar-refractivity contribution in [2.24, 2.45) is 0 Å². The molecule has 0 bridgehead atoms. The summed E-state index contributed by atoms with van der Waals surface area (Å²) in [6, 6.07) is 18.7. The first-order valence-corrected chi connectivity index (χ1v) is 22.8. The van der Waals surface area contributed by atoms with E-state index in [1.165, 1.54) is 12.1 Å². The Balaban J connectivity index is 1.43. The van der Waals surface area contributed by atoms with Gasteiger partial charge in [-0.15, -0.1) is 0 Å². The number of carboxylic acid groups (broad SMARTS) is 1. The van der Waals surface area contributed by atoms with E-state index in [-0.39, 0.29) is 22.6 Å². The molecular formula is C49H64N2O10S. The summed E-state index contributed by atoms with van der Waals surface area (Å²) in [5, 5.41) is 21.0. The number of rotatable bonds is 24. The van der Waals surface area contributed by atoms with Crippen LogP contribution in [0.25, 0.3) is 11.1 Å².